The van der Waals surface area contributed by atoms with E-state index in [-0.39, 0.29) is 11.9 Å². The van der Waals surface area contributed by atoms with E-state index in [1.807, 2.05) is 29.3 Å². The van der Waals surface area contributed by atoms with Gasteiger partial charge in [0, 0.05) is 11.9 Å². The molecule has 1 saturated heterocycles. The first-order valence-corrected chi connectivity index (χ1v) is 6.90. The van der Waals surface area contributed by atoms with Gasteiger partial charge < -0.3 is 9.32 Å². The zero-order valence-electron chi connectivity index (χ0n) is 10.1. The molecule has 4 nitrogen and oxygen atoms in total. The van der Waals surface area contributed by atoms with Crippen molar-refractivity contribution in [2.45, 2.75) is 25.8 Å². The van der Waals surface area contributed by atoms with Gasteiger partial charge in [0.05, 0.1) is 17.3 Å². The maximum atomic E-state index is 12.4. The predicted octanol–water partition coefficient (Wildman–Crippen LogP) is 3.02. The lowest BCUT2D eigenvalue weighted by atomic mass is 10.1. The van der Waals surface area contributed by atoms with Gasteiger partial charge in [0.15, 0.2) is 0 Å². The van der Waals surface area contributed by atoms with E-state index in [4.69, 9.17) is 4.42 Å². The van der Waals surface area contributed by atoms with Crippen LogP contribution in [-0.4, -0.2) is 22.3 Å². The van der Waals surface area contributed by atoms with Crippen LogP contribution in [-0.2, 0) is 0 Å². The third-order valence-corrected chi connectivity index (χ3v) is 4.00. The van der Waals surface area contributed by atoms with Crippen LogP contribution < -0.4 is 0 Å². The number of aromatic nitrogens is 1. The van der Waals surface area contributed by atoms with Crippen LogP contribution >= 0.6 is 11.3 Å². The summed E-state index contributed by atoms with van der Waals surface area (Å²) in [6, 6.07) is 3.86. The van der Waals surface area contributed by atoms with E-state index in [9.17, 15) is 4.79 Å². The van der Waals surface area contributed by atoms with E-state index in [0.717, 1.165) is 30.2 Å². The Morgan fingerprint density at radius 2 is 2.50 bits per heavy atom. The van der Waals surface area contributed by atoms with Gasteiger partial charge in [0.1, 0.15) is 11.5 Å². The number of thiazole rings is 1. The van der Waals surface area contributed by atoms with Crippen LogP contribution in [0.15, 0.2) is 28.2 Å². The maximum absolute atomic E-state index is 12.4. The predicted molar refractivity (Wildman–Crippen MR) is 68.6 cm³/mol. The number of amides is 1. The van der Waals surface area contributed by atoms with Crippen molar-refractivity contribution in [2.24, 2.45) is 0 Å². The summed E-state index contributed by atoms with van der Waals surface area (Å²) in [5, 5.41) is 2.75. The van der Waals surface area contributed by atoms with Crippen molar-refractivity contribution in [1.82, 2.24) is 9.88 Å². The van der Waals surface area contributed by atoms with Gasteiger partial charge in [-0.05, 0) is 31.9 Å². The maximum Gasteiger partial charge on any atom is 0.273 e. The van der Waals surface area contributed by atoms with Crippen molar-refractivity contribution in [2.75, 3.05) is 6.54 Å². The lowest BCUT2D eigenvalue weighted by Gasteiger charge is -2.22. The third kappa shape index (κ3) is 1.95. The first-order chi connectivity index (χ1) is 8.75. The van der Waals surface area contributed by atoms with Crippen molar-refractivity contribution in [3.8, 4) is 0 Å². The molecule has 0 radical (unpaired) electrons. The molecule has 1 unspecified atom stereocenters. The number of furan rings is 1. The Labute approximate surface area is 109 Å². The Bertz CT molecular complexity index is 547. The molecule has 0 N–H and O–H groups in total. The second kappa shape index (κ2) is 4.57. The molecule has 1 amide bonds. The molecule has 0 aliphatic carbocycles. The second-order valence-corrected chi connectivity index (χ2v) is 5.49. The number of aryl methyl sites for hydroxylation is 1. The highest BCUT2D eigenvalue weighted by Gasteiger charge is 2.33. The van der Waals surface area contributed by atoms with Gasteiger partial charge in [-0.3, -0.25) is 4.79 Å². The number of hydrogen-bond donors (Lipinski definition) is 0. The Balaban J connectivity index is 1.85. The molecule has 94 valence electrons. The van der Waals surface area contributed by atoms with Crippen LogP contribution in [0.25, 0.3) is 0 Å². The van der Waals surface area contributed by atoms with Crippen LogP contribution in [0.2, 0.25) is 0 Å². The topological polar surface area (TPSA) is 46.3 Å². The fraction of sp³-hybridized carbons (Fsp3) is 0.385. The smallest absolute Gasteiger partial charge is 0.273 e. The molecule has 1 fully saturated rings. The van der Waals surface area contributed by atoms with Crippen LogP contribution in [0.1, 0.15) is 40.1 Å². The van der Waals surface area contributed by atoms with Gasteiger partial charge >= 0.3 is 0 Å². The Hall–Kier alpha value is -1.62. The highest BCUT2D eigenvalue weighted by atomic mass is 32.1. The van der Waals surface area contributed by atoms with Crippen LogP contribution in [0, 0.1) is 6.92 Å². The van der Waals surface area contributed by atoms with Gasteiger partial charge in [-0.1, -0.05) is 0 Å². The van der Waals surface area contributed by atoms with E-state index in [2.05, 4.69) is 4.98 Å². The SMILES string of the molecule is Cc1nc(C(=O)N2CCCC2c2ccco2)cs1. The molecule has 1 atom stereocenters. The molecule has 0 aromatic carbocycles. The molecular formula is C13H14N2O2S. The number of nitrogens with zero attached hydrogens (tertiary/aromatic N) is 2. The van der Waals surface area contributed by atoms with Crippen molar-refractivity contribution in [3.05, 3.63) is 40.2 Å². The zero-order valence-corrected chi connectivity index (χ0v) is 10.9. The number of hydrogen-bond acceptors (Lipinski definition) is 4. The lowest BCUT2D eigenvalue weighted by molar-refractivity contribution is 0.0714. The highest BCUT2D eigenvalue weighted by molar-refractivity contribution is 7.09. The molecule has 2 aromatic heterocycles. The molecule has 5 heteroatoms. The summed E-state index contributed by atoms with van der Waals surface area (Å²) in [5.74, 6) is 0.881. The van der Waals surface area contributed by atoms with E-state index >= 15 is 0 Å². The van der Waals surface area contributed by atoms with Crippen LogP contribution in [0.5, 0.6) is 0 Å². The Kier molecular flexibility index (Phi) is 2.91. The quantitative estimate of drug-likeness (QED) is 0.835. The van der Waals surface area contributed by atoms with Gasteiger partial charge in [0.25, 0.3) is 5.91 Å². The molecule has 2 aromatic rings. The first kappa shape index (κ1) is 11.5. The molecule has 1 aliphatic heterocycles. The first-order valence-electron chi connectivity index (χ1n) is 6.02. The zero-order chi connectivity index (χ0) is 12.5. The van der Waals surface area contributed by atoms with Gasteiger partial charge in [-0.2, -0.15) is 0 Å². The number of rotatable bonds is 2. The average molecular weight is 262 g/mol. The fourth-order valence-electron chi connectivity index (χ4n) is 2.40. The number of carbonyl (C=O) groups is 1. The van der Waals surface area contributed by atoms with Crippen LogP contribution in [0.3, 0.4) is 0 Å². The standard InChI is InChI=1S/C13H14N2O2S/c1-9-14-10(8-18-9)13(16)15-6-2-4-11(15)12-5-3-7-17-12/h3,5,7-8,11H,2,4,6H2,1H3. The summed E-state index contributed by atoms with van der Waals surface area (Å²) in [5.41, 5.74) is 0.552. The van der Waals surface area contributed by atoms with E-state index in [1.54, 1.807) is 6.26 Å². The van der Waals surface area contributed by atoms with Crippen molar-refractivity contribution in [1.29, 1.82) is 0 Å². The largest absolute Gasteiger partial charge is 0.467 e. The summed E-state index contributed by atoms with van der Waals surface area (Å²) >= 11 is 1.51. The molecular weight excluding hydrogens is 248 g/mol. The summed E-state index contributed by atoms with van der Waals surface area (Å²) in [6.45, 7) is 2.69. The molecule has 3 heterocycles. The van der Waals surface area contributed by atoms with E-state index in [0.29, 0.717) is 5.69 Å². The average Bonchev–Trinajstić information content (AvgIpc) is 3.08. The normalized spacial score (nSPS) is 19.4. The van der Waals surface area contributed by atoms with Gasteiger partial charge in [-0.15, -0.1) is 11.3 Å². The van der Waals surface area contributed by atoms with Crippen molar-refractivity contribution < 1.29 is 9.21 Å². The number of carbonyl (C=O) groups excluding carboxylic acids is 1. The Morgan fingerprint density at radius 1 is 1.61 bits per heavy atom. The van der Waals surface area contributed by atoms with Gasteiger partial charge in [0.2, 0.25) is 0 Å². The summed E-state index contributed by atoms with van der Waals surface area (Å²) in [4.78, 5) is 18.5. The van der Waals surface area contributed by atoms with E-state index < -0.39 is 0 Å². The summed E-state index contributed by atoms with van der Waals surface area (Å²) < 4.78 is 5.43. The fourth-order valence-corrected chi connectivity index (χ4v) is 2.98. The molecule has 0 saturated carbocycles. The molecule has 0 bridgehead atoms. The monoisotopic (exact) mass is 262 g/mol. The molecule has 1 aliphatic rings. The highest BCUT2D eigenvalue weighted by Crippen LogP contribution is 2.33. The van der Waals surface area contributed by atoms with Crippen molar-refractivity contribution >= 4 is 17.2 Å². The molecule has 3 rings (SSSR count). The second-order valence-electron chi connectivity index (χ2n) is 4.42. The van der Waals surface area contributed by atoms with Crippen LogP contribution in [0.4, 0.5) is 0 Å². The third-order valence-electron chi connectivity index (χ3n) is 3.22. The van der Waals surface area contributed by atoms with Gasteiger partial charge in [-0.25, -0.2) is 4.98 Å². The van der Waals surface area contributed by atoms with E-state index in [1.165, 1.54) is 11.3 Å². The molecule has 0 spiro atoms. The molecule has 18 heavy (non-hydrogen) atoms. The lowest BCUT2D eigenvalue weighted by Crippen LogP contribution is -2.30. The minimum Gasteiger partial charge on any atom is -0.467 e. The Morgan fingerprint density at radius 3 is 3.17 bits per heavy atom. The summed E-state index contributed by atoms with van der Waals surface area (Å²) in [6.07, 6.45) is 3.63. The summed E-state index contributed by atoms with van der Waals surface area (Å²) in [7, 11) is 0. The minimum atomic E-state index is 0.0123. The van der Waals surface area contributed by atoms with Crippen molar-refractivity contribution in [3.63, 3.8) is 0 Å². The minimum absolute atomic E-state index is 0.0123. The number of likely N-dealkylation sites (tertiary alicyclic amines) is 1.